The maximum atomic E-state index is 5.30. The van der Waals surface area contributed by atoms with E-state index in [1.165, 1.54) is 39.8 Å². The Morgan fingerprint density at radius 1 is 1.26 bits per heavy atom. The quantitative estimate of drug-likeness (QED) is 0.896. The highest BCUT2D eigenvalue weighted by atomic mass is 32.1. The van der Waals surface area contributed by atoms with Gasteiger partial charge in [0.15, 0.2) is 0 Å². The number of fused-ring (bicyclic) bond motifs is 3. The molecule has 0 radical (unpaired) electrons. The van der Waals surface area contributed by atoms with Gasteiger partial charge in [0.05, 0.1) is 7.11 Å². The number of nitrogens with one attached hydrogen (secondary N) is 1. The molecule has 2 aliphatic heterocycles. The summed E-state index contributed by atoms with van der Waals surface area (Å²) in [4.78, 5) is 1.43. The molecule has 98 valence electrons. The van der Waals surface area contributed by atoms with E-state index in [2.05, 4.69) is 29.6 Å². The third-order valence-corrected chi connectivity index (χ3v) is 5.38. The molecular weight excluding hydrogens is 254 g/mol. The highest BCUT2D eigenvalue weighted by Gasteiger charge is 2.28. The molecule has 0 saturated carbocycles. The Hall–Kier alpha value is -1.32. The third kappa shape index (κ3) is 1.97. The maximum Gasteiger partial charge on any atom is 0.119 e. The Bertz CT molecular complexity index is 658. The Labute approximate surface area is 117 Å². The van der Waals surface area contributed by atoms with Crippen LogP contribution < -0.4 is 10.1 Å². The summed E-state index contributed by atoms with van der Waals surface area (Å²) in [7, 11) is 1.72. The summed E-state index contributed by atoms with van der Waals surface area (Å²) in [5.41, 5.74) is 1.53. The highest BCUT2D eigenvalue weighted by Crippen LogP contribution is 2.38. The molecule has 4 rings (SSSR count). The van der Waals surface area contributed by atoms with Crippen molar-refractivity contribution in [1.82, 2.24) is 5.32 Å². The molecule has 0 spiro atoms. The molecule has 19 heavy (non-hydrogen) atoms. The van der Waals surface area contributed by atoms with E-state index in [1.807, 2.05) is 17.4 Å². The topological polar surface area (TPSA) is 21.3 Å². The minimum Gasteiger partial charge on any atom is -0.497 e. The standard InChI is InChI=1S/C16H17NOS/c1-18-14-4-5-15-11(8-14)9-16(19-15)10-6-12-2-3-13(7-10)17-12/h4-6,8-9,12-13,17H,2-3,7H2,1H3. The first kappa shape index (κ1) is 11.5. The molecule has 2 unspecified atom stereocenters. The van der Waals surface area contributed by atoms with Gasteiger partial charge in [-0.1, -0.05) is 6.08 Å². The molecule has 0 aliphatic carbocycles. The summed E-state index contributed by atoms with van der Waals surface area (Å²) in [5.74, 6) is 0.941. The van der Waals surface area contributed by atoms with E-state index < -0.39 is 0 Å². The van der Waals surface area contributed by atoms with Crippen LogP contribution in [0.15, 0.2) is 30.3 Å². The molecule has 1 N–H and O–H groups in total. The summed E-state index contributed by atoms with van der Waals surface area (Å²) in [5, 5.41) is 4.95. The maximum absolute atomic E-state index is 5.30. The van der Waals surface area contributed by atoms with E-state index >= 15 is 0 Å². The van der Waals surface area contributed by atoms with Gasteiger partial charge < -0.3 is 10.1 Å². The lowest BCUT2D eigenvalue weighted by molar-refractivity contribution is 0.415. The van der Waals surface area contributed by atoms with Crippen molar-refractivity contribution in [1.29, 1.82) is 0 Å². The second-order valence-electron chi connectivity index (χ2n) is 5.46. The fraction of sp³-hybridized carbons (Fsp3) is 0.375. The molecular formula is C16H17NOS. The predicted octanol–water partition coefficient (Wildman–Crippen LogP) is 3.82. The van der Waals surface area contributed by atoms with Crippen LogP contribution in [0.5, 0.6) is 5.75 Å². The number of thiophene rings is 1. The number of methoxy groups -OCH3 is 1. The van der Waals surface area contributed by atoms with E-state index in [9.17, 15) is 0 Å². The molecule has 3 heterocycles. The van der Waals surface area contributed by atoms with Crippen LogP contribution in [0.2, 0.25) is 0 Å². The van der Waals surface area contributed by atoms with Gasteiger partial charge in [-0.2, -0.15) is 0 Å². The van der Waals surface area contributed by atoms with Crippen molar-refractivity contribution in [2.45, 2.75) is 31.3 Å². The number of rotatable bonds is 2. The van der Waals surface area contributed by atoms with Crippen molar-refractivity contribution < 1.29 is 4.74 Å². The fourth-order valence-corrected chi connectivity index (χ4v) is 4.29. The van der Waals surface area contributed by atoms with Crippen LogP contribution >= 0.6 is 11.3 Å². The summed E-state index contributed by atoms with van der Waals surface area (Å²) in [6.07, 6.45) is 6.24. The zero-order valence-electron chi connectivity index (χ0n) is 11.0. The lowest BCUT2D eigenvalue weighted by Gasteiger charge is -2.20. The largest absolute Gasteiger partial charge is 0.497 e. The Morgan fingerprint density at radius 2 is 2.21 bits per heavy atom. The fourth-order valence-electron chi connectivity index (χ4n) is 3.21. The van der Waals surface area contributed by atoms with E-state index in [4.69, 9.17) is 4.74 Å². The van der Waals surface area contributed by atoms with Crippen molar-refractivity contribution >= 4 is 27.0 Å². The van der Waals surface area contributed by atoms with Crippen LogP contribution in [0.4, 0.5) is 0 Å². The molecule has 0 amide bonds. The van der Waals surface area contributed by atoms with Gasteiger partial charge in [-0.3, -0.25) is 0 Å². The van der Waals surface area contributed by atoms with E-state index in [0.717, 1.165) is 5.75 Å². The van der Waals surface area contributed by atoms with Crippen molar-refractivity contribution in [2.24, 2.45) is 0 Å². The highest BCUT2D eigenvalue weighted by molar-refractivity contribution is 7.20. The molecule has 2 bridgehead atoms. The average Bonchev–Trinajstić information content (AvgIpc) is 3.01. The minimum atomic E-state index is 0.605. The van der Waals surface area contributed by atoms with Gasteiger partial charge in [0, 0.05) is 21.7 Å². The Kier molecular flexibility index (Phi) is 2.64. The molecule has 1 aromatic heterocycles. The van der Waals surface area contributed by atoms with E-state index in [0.29, 0.717) is 12.1 Å². The summed E-state index contributed by atoms with van der Waals surface area (Å²) in [6, 6.07) is 9.96. The van der Waals surface area contributed by atoms with Gasteiger partial charge in [-0.05, 0) is 54.5 Å². The minimum absolute atomic E-state index is 0.605. The second-order valence-corrected chi connectivity index (χ2v) is 6.54. The molecule has 2 aliphatic rings. The first-order valence-electron chi connectivity index (χ1n) is 6.86. The predicted molar refractivity (Wildman–Crippen MR) is 80.9 cm³/mol. The first-order valence-corrected chi connectivity index (χ1v) is 7.68. The molecule has 2 nitrogen and oxygen atoms in total. The van der Waals surface area contributed by atoms with Gasteiger partial charge in [0.1, 0.15) is 5.75 Å². The van der Waals surface area contributed by atoms with Gasteiger partial charge in [-0.25, -0.2) is 0 Å². The molecule has 1 saturated heterocycles. The van der Waals surface area contributed by atoms with Gasteiger partial charge >= 0.3 is 0 Å². The van der Waals surface area contributed by atoms with Crippen LogP contribution in [-0.4, -0.2) is 19.2 Å². The van der Waals surface area contributed by atoms with Crippen molar-refractivity contribution in [3.63, 3.8) is 0 Å². The summed E-state index contributed by atoms with van der Waals surface area (Å²) in [6.45, 7) is 0. The van der Waals surface area contributed by atoms with Crippen molar-refractivity contribution in [2.75, 3.05) is 7.11 Å². The zero-order valence-corrected chi connectivity index (χ0v) is 11.8. The van der Waals surface area contributed by atoms with E-state index in [-0.39, 0.29) is 0 Å². The van der Waals surface area contributed by atoms with Crippen LogP contribution in [0.25, 0.3) is 15.7 Å². The summed E-state index contributed by atoms with van der Waals surface area (Å²) >= 11 is 1.90. The third-order valence-electron chi connectivity index (χ3n) is 4.18. The van der Waals surface area contributed by atoms with Crippen LogP contribution in [0.1, 0.15) is 24.1 Å². The molecule has 1 fully saturated rings. The van der Waals surface area contributed by atoms with Gasteiger partial charge in [-0.15, -0.1) is 11.3 Å². The Balaban J connectivity index is 1.75. The lowest BCUT2D eigenvalue weighted by atomic mass is 10.0. The van der Waals surface area contributed by atoms with Crippen molar-refractivity contribution in [3.8, 4) is 5.75 Å². The van der Waals surface area contributed by atoms with Crippen LogP contribution in [0.3, 0.4) is 0 Å². The molecule has 2 aromatic rings. The number of hydrogen-bond acceptors (Lipinski definition) is 3. The summed E-state index contributed by atoms with van der Waals surface area (Å²) < 4.78 is 6.65. The lowest BCUT2D eigenvalue weighted by Crippen LogP contribution is -2.31. The van der Waals surface area contributed by atoms with Crippen LogP contribution in [-0.2, 0) is 0 Å². The monoisotopic (exact) mass is 271 g/mol. The first-order chi connectivity index (χ1) is 9.31. The van der Waals surface area contributed by atoms with Crippen molar-refractivity contribution in [3.05, 3.63) is 35.2 Å². The molecule has 3 heteroatoms. The number of ether oxygens (including phenoxy) is 1. The number of benzene rings is 1. The SMILES string of the molecule is COc1ccc2sc(C3=CC4CCC(C3)N4)cc2c1. The average molecular weight is 271 g/mol. The second kappa shape index (κ2) is 4.36. The van der Waals surface area contributed by atoms with Gasteiger partial charge in [0.2, 0.25) is 0 Å². The van der Waals surface area contributed by atoms with Crippen LogP contribution in [0, 0.1) is 0 Å². The molecule has 2 atom stereocenters. The molecule has 1 aromatic carbocycles. The Morgan fingerprint density at radius 3 is 3.05 bits per heavy atom. The van der Waals surface area contributed by atoms with Gasteiger partial charge in [0.25, 0.3) is 0 Å². The smallest absolute Gasteiger partial charge is 0.119 e. The zero-order chi connectivity index (χ0) is 12.8. The van der Waals surface area contributed by atoms with E-state index in [1.54, 1.807) is 7.11 Å². The number of hydrogen-bond donors (Lipinski definition) is 1. The normalized spacial score (nSPS) is 25.6.